The lowest BCUT2D eigenvalue weighted by Gasteiger charge is -2.05. The molecule has 0 atom stereocenters. The zero-order valence-corrected chi connectivity index (χ0v) is 11.3. The van der Waals surface area contributed by atoms with Crippen molar-refractivity contribution in [3.8, 4) is 0 Å². The number of rotatable bonds is 2. The van der Waals surface area contributed by atoms with Crippen LogP contribution in [-0.2, 0) is 6.54 Å². The summed E-state index contributed by atoms with van der Waals surface area (Å²) in [6.45, 7) is 10.5. The quantitative estimate of drug-likeness (QED) is 0.748. The molecule has 1 N–H and O–H groups in total. The third-order valence-electron chi connectivity index (χ3n) is 3.44. The summed E-state index contributed by atoms with van der Waals surface area (Å²) in [5, 5.41) is 1.25. The summed E-state index contributed by atoms with van der Waals surface area (Å²) >= 11 is 0. The molecular formula is C16H15N3O. The number of nitrogens with one attached hydrogen (secondary N) is 1. The average molecular weight is 265 g/mol. The molecule has 0 aliphatic heterocycles. The fourth-order valence-electron chi connectivity index (χ4n) is 2.29. The highest BCUT2D eigenvalue weighted by Gasteiger charge is 2.08. The first kappa shape index (κ1) is 12.4. The van der Waals surface area contributed by atoms with Gasteiger partial charge in [0.2, 0.25) is 0 Å². The van der Waals surface area contributed by atoms with Gasteiger partial charge in [-0.25, -0.2) is 4.98 Å². The van der Waals surface area contributed by atoms with Crippen LogP contribution < -0.4 is 16.1 Å². The highest BCUT2D eigenvalue weighted by molar-refractivity contribution is 5.74. The Morgan fingerprint density at radius 1 is 1.25 bits per heavy atom. The minimum absolute atomic E-state index is 0.222. The van der Waals surface area contributed by atoms with Crippen molar-refractivity contribution in [1.29, 1.82) is 0 Å². The predicted molar refractivity (Wildman–Crippen MR) is 80.9 cm³/mol. The molecule has 0 fully saturated rings. The Morgan fingerprint density at radius 2 is 1.95 bits per heavy atom. The lowest BCUT2D eigenvalue weighted by atomic mass is 10.1. The van der Waals surface area contributed by atoms with Gasteiger partial charge in [-0.3, -0.25) is 4.79 Å². The van der Waals surface area contributed by atoms with Crippen LogP contribution in [0, 0.1) is 6.92 Å². The van der Waals surface area contributed by atoms with Gasteiger partial charge in [0.05, 0.1) is 11.8 Å². The predicted octanol–water partition coefficient (Wildman–Crippen LogP) is 0.902. The van der Waals surface area contributed by atoms with Crippen LogP contribution in [0.2, 0.25) is 0 Å². The monoisotopic (exact) mass is 265 g/mol. The molecule has 4 nitrogen and oxygen atoms in total. The van der Waals surface area contributed by atoms with Crippen LogP contribution in [0.4, 0.5) is 0 Å². The van der Waals surface area contributed by atoms with Crippen molar-refractivity contribution < 1.29 is 0 Å². The molecule has 0 amide bonds. The van der Waals surface area contributed by atoms with Gasteiger partial charge in [0.15, 0.2) is 5.52 Å². The summed E-state index contributed by atoms with van der Waals surface area (Å²) < 4.78 is 1.94. The Morgan fingerprint density at radius 3 is 2.65 bits per heavy atom. The molecule has 0 saturated carbocycles. The van der Waals surface area contributed by atoms with Crippen molar-refractivity contribution in [2.24, 2.45) is 0 Å². The molecule has 3 aromatic rings. The van der Waals surface area contributed by atoms with Gasteiger partial charge in [-0.05, 0) is 12.5 Å². The van der Waals surface area contributed by atoms with Crippen molar-refractivity contribution in [3.05, 3.63) is 62.6 Å². The smallest absolute Gasteiger partial charge is 0.276 e. The van der Waals surface area contributed by atoms with Crippen molar-refractivity contribution >= 4 is 24.2 Å². The maximum atomic E-state index is 11.9. The molecule has 20 heavy (non-hydrogen) atoms. The fraction of sp³-hybridized carbons (Fsp3) is 0.125. The molecule has 100 valence electrons. The topological polar surface area (TPSA) is 50.7 Å². The number of benzene rings is 1. The Balaban J connectivity index is 2.18. The molecule has 4 heteroatoms. The van der Waals surface area contributed by atoms with Crippen LogP contribution in [0.5, 0.6) is 0 Å². The van der Waals surface area contributed by atoms with E-state index in [4.69, 9.17) is 0 Å². The number of H-pyrrole nitrogens is 1. The number of nitrogens with zero attached hydrogens (tertiary/aromatic N) is 2. The molecule has 0 radical (unpaired) electrons. The first-order valence-electron chi connectivity index (χ1n) is 6.37. The lowest BCUT2D eigenvalue weighted by Crippen LogP contribution is -2.33. The van der Waals surface area contributed by atoms with Gasteiger partial charge in [-0.2, -0.15) is 0 Å². The lowest BCUT2D eigenvalue weighted by molar-refractivity contribution is 0.821. The van der Waals surface area contributed by atoms with Crippen molar-refractivity contribution in [3.63, 3.8) is 0 Å². The molecule has 0 bridgehead atoms. The van der Waals surface area contributed by atoms with Crippen molar-refractivity contribution in [2.75, 3.05) is 0 Å². The normalized spacial score (nSPS) is 11.1. The number of pyridine rings is 1. The second-order valence-corrected chi connectivity index (χ2v) is 4.97. The number of imidazole rings is 1. The molecular weight excluding hydrogens is 250 g/mol. The minimum Gasteiger partial charge on any atom is -0.325 e. The Kier molecular flexibility index (Phi) is 2.79. The minimum atomic E-state index is -0.222. The van der Waals surface area contributed by atoms with E-state index in [-0.39, 0.29) is 5.56 Å². The van der Waals surface area contributed by atoms with Gasteiger partial charge in [0.25, 0.3) is 5.56 Å². The molecule has 2 heterocycles. The molecule has 2 aromatic heterocycles. The van der Waals surface area contributed by atoms with Gasteiger partial charge < -0.3 is 9.55 Å². The van der Waals surface area contributed by atoms with E-state index in [1.54, 1.807) is 6.33 Å². The van der Waals surface area contributed by atoms with Gasteiger partial charge in [0.1, 0.15) is 0 Å². The van der Waals surface area contributed by atoms with E-state index < -0.39 is 0 Å². The van der Waals surface area contributed by atoms with Crippen LogP contribution in [0.15, 0.2) is 35.4 Å². The zero-order chi connectivity index (χ0) is 14.3. The van der Waals surface area contributed by atoms with E-state index in [1.807, 2.05) is 4.57 Å². The van der Waals surface area contributed by atoms with Crippen LogP contribution >= 0.6 is 0 Å². The van der Waals surface area contributed by atoms with Crippen LogP contribution in [0.1, 0.15) is 11.1 Å². The number of aromatic nitrogens is 3. The first-order chi connectivity index (χ1) is 9.56. The highest BCUT2D eigenvalue weighted by atomic mass is 16.1. The molecule has 0 aliphatic carbocycles. The summed E-state index contributed by atoms with van der Waals surface area (Å²) in [7, 11) is 0. The third kappa shape index (κ3) is 1.95. The number of fused-ring (bicyclic) bond motifs is 1. The average Bonchev–Trinajstić information content (AvgIpc) is 2.83. The summed E-state index contributed by atoms with van der Waals surface area (Å²) in [6, 6.07) is 8.28. The standard InChI is InChI=1S/C16H15N3O/c1-10-4-6-13(7-5-10)8-19-9-17-14-15(19)11(2)12(3)18-16(14)20/h4-7,9H,2-3,8H2,1H3,(H,18,20). The Bertz CT molecular complexity index is 933. The summed E-state index contributed by atoms with van der Waals surface area (Å²) in [6.07, 6.45) is 1.67. The molecule has 1 aromatic carbocycles. The molecule has 0 unspecified atom stereocenters. The number of aromatic amines is 1. The summed E-state index contributed by atoms with van der Waals surface area (Å²) in [5.74, 6) is 0. The Hall–Kier alpha value is -2.62. The zero-order valence-electron chi connectivity index (χ0n) is 11.3. The maximum Gasteiger partial charge on any atom is 0.276 e. The van der Waals surface area contributed by atoms with E-state index in [0.717, 1.165) is 11.1 Å². The van der Waals surface area contributed by atoms with Gasteiger partial charge in [-0.1, -0.05) is 43.0 Å². The fourth-order valence-corrected chi connectivity index (χ4v) is 2.29. The van der Waals surface area contributed by atoms with E-state index in [9.17, 15) is 4.79 Å². The van der Waals surface area contributed by atoms with Gasteiger partial charge >= 0.3 is 0 Å². The van der Waals surface area contributed by atoms with E-state index >= 15 is 0 Å². The molecule has 0 saturated heterocycles. The number of hydrogen-bond donors (Lipinski definition) is 1. The second kappa shape index (κ2) is 4.49. The van der Waals surface area contributed by atoms with Crippen molar-refractivity contribution in [1.82, 2.24) is 14.5 Å². The number of aryl methyl sites for hydroxylation is 1. The molecule has 0 spiro atoms. The van der Waals surface area contributed by atoms with Gasteiger partial charge in [-0.15, -0.1) is 0 Å². The van der Waals surface area contributed by atoms with Gasteiger partial charge in [0, 0.05) is 17.1 Å². The van der Waals surface area contributed by atoms with Crippen LogP contribution in [-0.4, -0.2) is 14.5 Å². The largest absolute Gasteiger partial charge is 0.325 e. The highest BCUT2D eigenvalue weighted by Crippen LogP contribution is 2.08. The van der Waals surface area contributed by atoms with Crippen molar-refractivity contribution in [2.45, 2.75) is 13.5 Å². The summed E-state index contributed by atoms with van der Waals surface area (Å²) in [5.41, 5.74) is 3.31. The SMILES string of the molecule is C=c1[nH]c(=O)c2ncn(Cc3ccc(C)cc3)c2c1=C. The molecule has 0 aliphatic rings. The Labute approximate surface area is 115 Å². The van der Waals surface area contributed by atoms with Crippen LogP contribution in [0.3, 0.4) is 0 Å². The maximum absolute atomic E-state index is 11.9. The number of hydrogen-bond acceptors (Lipinski definition) is 2. The first-order valence-corrected chi connectivity index (χ1v) is 6.37. The van der Waals surface area contributed by atoms with E-state index in [1.165, 1.54) is 5.56 Å². The van der Waals surface area contributed by atoms with E-state index in [0.29, 0.717) is 22.6 Å². The molecule has 3 rings (SSSR count). The van der Waals surface area contributed by atoms with E-state index in [2.05, 4.69) is 54.3 Å². The second-order valence-electron chi connectivity index (χ2n) is 4.97. The van der Waals surface area contributed by atoms with Crippen LogP contribution in [0.25, 0.3) is 24.2 Å². The summed E-state index contributed by atoms with van der Waals surface area (Å²) in [4.78, 5) is 18.7. The third-order valence-corrected chi connectivity index (χ3v) is 3.44.